The Hall–Kier alpha value is -2.70. The largest absolute Gasteiger partial charge is 0.319 e. The number of aryl methyl sites for hydroxylation is 2. The minimum Gasteiger partial charge on any atom is -0.319 e. The molecule has 0 radical (unpaired) electrons. The Morgan fingerprint density at radius 2 is 2.05 bits per heavy atom. The molecule has 0 unspecified atom stereocenters. The van der Waals surface area contributed by atoms with Crippen LogP contribution in [0.5, 0.6) is 0 Å². The van der Waals surface area contributed by atoms with Gasteiger partial charge in [0.1, 0.15) is 0 Å². The molecule has 0 aliphatic heterocycles. The van der Waals surface area contributed by atoms with Crippen LogP contribution in [0.15, 0.2) is 18.2 Å². The van der Waals surface area contributed by atoms with Crippen LogP contribution in [0.1, 0.15) is 27.3 Å². The Balaban J connectivity index is 2.35. The Morgan fingerprint density at radius 3 is 2.60 bits per heavy atom. The van der Waals surface area contributed by atoms with Gasteiger partial charge in [-0.2, -0.15) is 5.10 Å². The first kappa shape index (κ1) is 13.7. The van der Waals surface area contributed by atoms with Crippen molar-refractivity contribution in [3.05, 3.63) is 50.8 Å². The molecular formula is C13H14N4O3. The monoisotopic (exact) mass is 274 g/mol. The van der Waals surface area contributed by atoms with Crippen molar-refractivity contribution >= 4 is 17.3 Å². The average Bonchev–Trinajstić information content (AvgIpc) is 2.70. The third kappa shape index (κ3) is 2.37. The van der Waals surface area contributed by atoms with Crippen molar-refractivity contribution in [2.45, 2.75) is 20.8 Å². The van der Waals surface area contributed by atoms with Crippen molar-refractivity contribution in [1.29, 1.82) is 0 Å². The van der Waals surface area contributed by atoms with E-state index in [-0.39, 0.29) is 17.2 Å². The summed E-state index contributed by atoms with van der Waals surface area (Å²) < 4.78 is 0. The summed E-state index contributed by atoms with van der Waals surface area (Å²) in [5.41, 5.74) is 2.55. The summed E-state index contributed by atoms with van der Waals surface area (Å²) >= 11 is 0. The van der Waals surface area contributed by atoms with E-state index in [2.05, 4.69) is 15.5 Å². The maximum Gasteiger partial charge on any atom is 0.273 e. The molecule has 1 aromatic carbocycles. The van der Waals surface area contributed by atoms with Crippen LogP contribution in [-0.2, 0) is 0 Å². The van der Waals surface area contributed by atoms with E-state index in [9.17, 15) is 14.9 Å². The smallest absolute Gasteiger partial charge is 0.273 e. The van der Waals surface area contributed by atoms with Gasteiger partial charge in [-0.3, -0.25) is 20.0 Å². The number of hydrogen-bond donors (Lipinski definition) is 2. The Bertz CT molecular complexity index is 671. The van der Waals surface area contributed by atoms with Crippen LogP contribution in [0.2, 0.25) is 0 Å². The number of carbonyl (C=O) groups is 1. The predicted molar refractivity (Wildman–Crippen MR) is 73.8 cm³/mol. The second-order valence-electron chi connectivity index (χ2n) is 4.47. The SMILES string of the molecule is Cc1n[nH]c(C)c1NC(=O)c1cccc([N+](=O)[O-])c1C. The predicted octanol–water partition coefficient (Wildman–Crippen LogP) is 2.50. The van der Waals surface area contributed by atoms with Crippen LogP contribution in [0.4, 0.5) is 11.4 Å². The molecule has 7 nitrogen and oxygen atoms in total. The number of aromatic nitrogens is 2. The molecule has 2 N–H and O–H groups in total. The molecule has 7 heteroatoms. The third-order valence-electron chi connectivity index (χ3n) is 3.11. The molecule has 1 heterocycles. The van der Waals surface area contributed by atoms with E-state index in [1.165, 1.54) is 12.1 Å². The lowest BCUT2D eigenvalue weighted by Gasteiger charge is -2.08. The topological polar surface area (TPSA) is 101 Å². The minimum absolute atomic E-state index is 0.0710. The molecule has 0 fully saturated rings. The Kier molecular flexibility index (Phi) is 3.51. The van der Waals surface area contributed by atoms with Gasteiger partial charge in [0.15, 0.2) is 0 Å². The van der Waals surface area contributed by atoms with Gasteiger partial charge in [0.25, 0.3) is 11.6 Å². The number of rotatable bonds is 3. The molecule has 0 saturated heterocycles. The lowest BCUT2D eigenvalue weighted by Crippen LogP contribution is -2.15. The molecule has 0 saturated carbocycles. The number of anilines is 1. The highest BCUT2D eigenvalue weighted by Gasteiger charge is 2.19. The molecule has 2 rings (SSSR count). The number of H-pyrrole nitrogens is 1. The molecule has 0 bridgehead atoms. The number of amides is 1. The second-order valence-corrected chi connectivity index (χ2v) is 4.47. The van der Waals surface area contributed by atoms with E-state index in [0.29, 0.717) is 16.9 Å². The van der Waals surface area contributed by atoms with Gasteiger partial charge in [0.05, 0.1) is 22.0 Å². The summed E-state index contributed by atoms with van der Waals surface area (Å²) in [6.07, 6.45) is 0. The molecule has 0 spiro atoms. The highest BCUT2D eigenvalue weighted by atomic mass is 16.6. The van der Waals surface area contributed by atoms with Crippen LogP contribution in [-0.4, -0.2) is 21.0 Å². The van der Waals surface area contributed by atoms with Gasteiger partial charge in [-0.15, -0.1) is 0 Å². The van der Waals surface area contributed by atoms with E-state index in [1.54, 1.807) is 26.8 Å². The first-order chi connectivity index (χ1) is 9.41. The molecule has 104 valence electrons. The van der Waals surface area contributed by atoms with Crippen molar-refractivity contribution in [3.63, 3.8) is 0 Å². The fourth-order valence-corrected chi connectivity index (χ4v) is 1.98. The first-order valence-electron chi connectivity index (χ1n) is 5.98. The van der Waals surface area contributed by atoms with Gasteiger partial charge in [-0.1, -0.05) is 6.07 Å². The summed E-state index contributed by atoms with van der Waals surface area (Å²) in [4.78, 5) is 22.6. The molecule has 1 amide bonds. The minimum atomic E-state index is -0.500. The summed E-state index contributed by atoms with van der Waals surface area (Å²) in [6.45, 7) is 5.11. The molecule has 20 heavy (non-hydrogen) atoms. The van der Waals surface area contributed by atoms with Crippen LogP contribution in [0.25, 0.3) is 0 Å². The normalized spacial score (nSPS) is 10.3. The van der Waals surface area contributed by atoms with Gasteiger partial charge in [-0.25, -0.2) is 0 Å². The van der Waals surface area contributed by atoms with Gasteiger partial charge in [0, 0.05) is 17.2 Å². The van der Waals surface area contributed by atoms with Crippen LogP contribution < -0.4 is 5.32 Å². The highest BCUT2D eigenvalue weighted by molar-refractivity contribution is 6.06. The van der Waals surface area contributed by atoms with Gasteiger partial charge in [-0.05, 0) is 26.8 Å². The fraction of sp³-hybridized carbons (Fsp3) is 0.231. The third-order valence-corrected chi connectivity index (χ3v) is 3.11. The quantitative estimate of drug-likeness (QED) is 0.663. The number of nitrogens with zero attached hydrogens (tertiary/aromatic N) is 2. The summed E-state index contributed by atoms with van der Waals surface area (Å²) in [5, 5.41) is 20.4. The van der Waals surface area contributed by atoms with Crippen molar-refractivity contribution in [2.24, 2.45) is 0 Å². The summed E-state index contributed by atoms with van der Waals surface area (Å²) in [7, 11) is 0. The molecule has 1 aromatic heterocycles. The van der Waals surface area contributed by atoms with Crippen LogP contribution in [0.3, 0.4) is 0 Å². The lowest BCUT2D eigenvalue weighted by atomic mass is 10.1. The molecule has 0 aliphatic carbocycles. The van der Waals surface area contributed by atoms with Crippen LogP contribution >= 0.6 is 0 Å². The highest BCUT2D eigenvalue weighted by Crippen LogP contribution is 2.23. The standard InChI is InChI=1S/C13H14N4O3/c1-7-10(5-4-6-11(7)17(19)20)13(18)14-12-8(2)15-16-9(12)3/h4-6H,1-3H3,(H,14,18)(H,15,16). The van der Waals surface area contributed by atoms with Crippen molar-refractivity contribution in [1.82, 2.24) is 10.2 Å². The zero-order valence-electron chi connectivity index (χ0n) is 11.4. The number of nitro groups is 1. The zero-order valence-corrected chi connectivity index (χ0v) is 11.4. The molecule has 0 aliphatic rings. The Labute approximate surface area is 115 Å². The Morgan fingerprint density at radius 1 is 1.35 bits per heavy atom. The van der Waals surface area contributed by atoms with Crippen molar-refractivity contribution in [3.8, 4) is 0 Å². The van der Waals surface area contributed by atoms with E-state index >= 15 is 0 Å². The second kappa shape index (κ2) is 5.12. The maximum absolute atomic E-state index is 12.2. The van der Waals surface area contributed by atoms with E-state index in [1.807, 2.05) is 0 Å². The number of nitrogens with one attached hydrogen (secondary N) is 2. The van der Waals surface area contributed by atoms with Gasteiger partial charge in [0.2, 0.25) is 0 Å². The first-order valence-corrected chi connectivity index (χ1v) is 5.98. The van der Waals surface area contributed by atoms with E-state index in [4.69, 9.17) is 0 Å². The van der Waals surface area contributed by atoms with Crippen molar-refractivity contribution < 1.29 is 9.72 Å². The van der Waals surface area contributed by atoms with Crippen LogP contribution in [0, 0.1) is 30.9 Å². The van der Waals surface area contributed by atoms with Crippen molar-refractivity contribution in [2.75, 3.05) is 5.32 Å². The number of hydrogen-bond acceptors (Lipinski definition) is 4. The number of benzene rings is 1. The fourth-order valence-electron chi connectivity index (χ4n) is 1.98. The summed E-state index contributed by atoms with van der Waals surface area (Å²) in [6, 6.07) is 4.43. The number of carbonyl (C=O) groups excluding carboxylic acids is 1. The number of aromatic amines is 1. The van der Waals surface area contributed by atoms with Gasteiger partial charge >= 0.3 is 0 Å². The van der Waals surface area contributed by atoms with E-state index in [0.717, 1.165) is 5.69 Å². The lowest BCUT2D eigenvalue weighted by molar-refractivity contribution is -0.385. The summed E-state index contributed by atoms with van der Waals surface area (Å²) in [5.74, 6) is -0.390. The van der Waals surface area contributed by atoms with E-state index < -0.39 is 4.92 Å². The molecular weight excluding hydrogens is 260 g/mol. The van der Waals surface area contributed by atoms with Gasteiger partial charge < -0.3 is 5.32 Å². The zero-order chi connectivity index (χ0) is 14.9. The average molecular weight is 274 g/mol. The maximum atomic E-state index is 12.2. The molecule has 0 atom stereocenters. The molecule has 2 aromatic rings. The number of nitro benzene ring substituents is 1.